The molecule has 0 aliphatic carbocycles. The Labute approximate surface area is 83.9 Å². The van der Waals surface area contributed by atoms with Crippen molar-refractivity contribution in [2.24, 2.45) is 5.84 Å². The van der Waals surface area contributed by atoms with Crippen LogP contribution in [0.1, 0.15) is 13.8 Å². The largest absolute Gasteiger partial charge is 0.309 e. The fourth-order valence-electron chi connectivity index (χ4n) is 0.911. The third kappa shape index (κ3) is 3.20. The van der Waals surface area contributed by atoms with Crippen molar-refractivity contribution in [3.05, 3.63) is 30.1 Å². The molecule has 13 heavy (non-hydrogen) atoms. The van der Waals surface area contributed by atoms with Gasteiger partial charge in [-0.2, -0.15) is 0 Å². The predicted molar refractivity (Wildman–Crippen MR) is 55.5 cm³/mol. The van der Waals surface area contributed by atoms with Gasteiger partial charge in [-0.1, -0.05) is 0 Å². The summed E-state index contributed by atoms with van der Waals surface area (Å²) in [5.74, 6) is 5.46. The lowest BCUT2D eigenvalue weighted by Gasteiger charge is -2.22. The van der Waals surface area contributed by atoms with Crippen LogP contribution in [0.2, 0.25) is 0 Å². The summed E-state index contributed by atoms with van der Waals surface area (Å²) < 4.78 is 12.5. The van der Waals surface area contributed by atoms with Gasteiger partial charge in [-0.15, -0.1) is 12.4 Å². The zero-order chi connectivity index (χ0) is 9.14. The first-order valence-electron chi connectivity index (χ1n) is 3.91. The van der Waals surface area contributed by atoms with Crippen LogP contribution in [0, 0.1) is 5.82 Å². The van der Waals surface area contributed by atoms with Crippen molar-refractivity contribution in [2.45, 2.75) is 19.9 Å². The topological polar surface area (TPSA) is 29.3 Å². The van der Waals surface area contributed by atoms with E-state index >= 15 is 0 Å². The normalized spacial score (nSPS) is 9.62. The van der Waals surface area contributed by atoms with Gasteiger partial charge in [0.15, 0.2) is 0 Å². The molecule has 0 heterocycles. The number of nitrogens with two attached hydrogens (primary N) is 1. The molecule has 2 N–H and O–H groups in total. The van der Waals surface area contributed by atoms with Crippen LogP contribution < -0.4 is 10.9 Å². The van der Waals surface area contributed by atoms with Crippen LogP contribution in [0.4, 0.5) is 10.1 Å². The Morgan fingerprint density at radius 3 is 2.08 bits per heavy atom. The van der Waals surface area contributed by atoms with Crippen molar-refractivity contribution in [3.63, 3.8) is 0 Å². The summed E-state index contributed by atoms with van der Waals surface area (Å²) in [7, 11) is 0. The Kier molecular flexibility index (Phi) is 4.73. The van der Waals surface area contributed by atoms with Gasteiger partial charge in [-0.05, 0) is 38.1 Å². The quantitative estimate of drug-likeness (QED) is 0.592. The van der Waals surface area contributed by atoms with Crippen LogP contribution in [0.25, 0.3) is 0 Å². The highest BCUT2D eigenvalue weighted by atomic mass is 35.5. The van der Waals surface area contributed by atoms with Crippen LogP contribution in [-0.2, 0) is 0 Å². The Morgan fingerprint density at radius 2 is 1.69 bits per heavy atom. The number of rotatable bonds is 2. The Balaban J connectivity index is 0.00000144. The maximum Gasteiger partial charge on any atom is 0.123 e. The average Bonchev–Trinajstić information content (AvgIpc) is 2.04. The van der Waals surface area contributed by atoms with E-state index in [9.17, 15) is 4.39 Å². The summed E-state index contributed by atoms with van der Waals surface area (Å²) in [6.07, 6.45) is 0. The summed E-state index contributed by atoms with van der Waals surface area (Å²) in [4.78, 5) is 0. The molecule has 0 saturated heterocycles. The van der Waals surface area contributed by atoms with Crippen molar-refractivity contribution >= 4 is 18.1 Å². The monoisotopic (exact) mass is 204 g/mol. The molecule has 0 radical (unpaired) electrons. The van der Waals surface area contributed by atoms with E-state index in [2.05, 4.69) is 0 Å². The number of hydrogen-bond acceptors (Lipinski definition) is 2. The SMILES string of the molecule is CC(C)N(N)c1ccc(F)cc1.Cl. The Bertz CT molecular complexity index is 248. The molecule has 1 aromatic rings. The first-order valence-corrected chi connectivity index (χ1v) is 3.91. The van der Waals surface area contributed by atoms with E-state index in [1.807, 2.05) is 13.8 Å². The van der Waals surface area contributed by atoms with Gasteiger partial charge in [0.2, 0.25) is 0 Å². The molecule has 0 bridgehead atoms. The van der Waals surface area contributed by atoms with Crippen LogP contribution in [0.3, 0.4) is 0 Å². The van der Waals surface area contributed by atoms with Crippen molar-refractivity contribution in [1.82, 2.24) is 0 Å². The second kappa shape index (κ2) is 5.04. The zero-order valence-electron chi connectivity index (χ0n) is 7.70. The van der Waals surface area contributed by atoms with E-state index < -0.39 is 0 Å². The van der Waals surface area contributed by atoms with Crippen molar-refractivity contribution in [2.75, 3.05) is 5.01 Å². The molecule has 1 aromatic carbocycles. The number of anilines is 1. The van der Waals surface area contributed by atoms with Gasteiger partial charge in [0.25, 0.3) is 0 Å². The third-order valence-electron chi connectivity index (χ3n) is 1.68. The molecule has 0 unspecified atom stereocenters. The van der Waals surface area contributed by atoms with Crippen molar-refractivity contribution in [3.8, 4) is 0 Å². The molecular formula is C9H14ClFN2. The van der Waals surface area contributed by atoms with Gasteiger partial charge in [0.05, 0.1) is 5.69 Å². The highest BCUT2D eigenvalue weighted by molar-refractivity contribution is 5.85. The number of halogens is 2. The van der Waals surface area contributed by atoms with Crippen molar-refractivity contribution < 1.29 is 4.39 Å². The summed E-state index contributed by atoms with van der Waals surface area (Å²) >= 11 is 0. The van der Waals surface area contributed by atoms with Crippen LogP contribution in [0.15, 0.2) is 24.3 Å². The van der Waals surface area contributed by atoms with Crippen LogP contribution in [-0.4, -0.2) is 6.04 Å². The molecular weight excluding hydrogens is 191 g/mol. The molecule has 1 rings (SSSR count). The Hall–Kier alpha value is -0.800. The highest BCUT2D eigenvalue weighted by Crippen LogP contribution is 2.13. The minimum atomic E-state index is -0.240. The van der Waals surface area contributed by atoms with E-state index in [0.29, 0.717) is 0 Å². The molecule has 0 amide bonds. The predicted octanol–water partition coefficient (Wildman–Crippen LogP) is 2.34. The second-order valence-electron chi connectivity index (χ2n) is 2.98. The molecule has 0 saturated carbocycles. The fourth-order valence-corrected chi connectivity index (χ4v) is 0.911. The smallest absolute Gasteiger partial charge is 0.123 e. The molecule has 4 heteroatoms. The molecule has 74 valence electrons. The number of nitrogens with zero attached hydrogens (tertiary/aromatic N) is 1. The van der Waals surface area contributed by atoms with E-state index in [1.54, 1.807) is 17.1 Å². The van der Waals surface area contributed by atoms with E-state index in [4.69, 9.17) is 5.84 Å². The van der Waals surface area contributed by atoms with Gasteiger partial charge >= 0.3 is 0 Å². The Morgan fingerprint density at radius 1 is 1.23 bits per heavy atom. The third-order valence-corrected chi connectivity index (χ3v) is 1.68. The molecule has 0 aromatic heterocycles. The molecule has 0 aliphatic rings. The van der Waals surface area contributed by atoms with Gasteiger partial charge < -0.3 is 5.01 Å². The lowest BCUT2D eigenvalue weighted by atomic mass is 10.2. The van der Waals surface area contributed by atoms with E-state index in [-0.39, 0.29) is 24.3 Å². The number of benzene rings is 1. The second-order valence-corrected chi connectivity index (χ2v) is 2.98. The molecule has 0 spiro atoms. The first kappa shape index (κ1) is 12.2. The average molecular weight is 205 g/mol. The molecule has 0 aliphatic heterocycles. The van der Waals surface area contributed by atoms with E-state index in [1.165, 1.54) is 12.1 Å². The standard InChI is InChI=1S/C9H13FN2.ClH/c1-7(2)12(11)9-5-3-8(10)4-6-9;/h3-7H,11H2,1-2H3;1H. The maximum absolute atomic E-state index is 12.5. The summed E-state index contributed by atoms with van der Waals surface area (Å²) in [5.41, 5.74) is 0.825. The molecule has 2 nitrogen and oxygen atoms in total. The maximum atomic E-state index is 12.5. The van der Waals surface area contributed by atoms with E-state index in [0.717, 1.165) is 5.69 Å². The number of hydrogen-bond donors (Lipinski definition) is 1. The van der Waals surface area contributed by atoms with Gasteiger partial charge in [0.1, 0.15) is 5.82 Å². The van der Waals surface area contributed by atoms with Crippen LogP contribution in [0.5, 0.6) is 0 Å². The minimum absolute atomic E-state index is 0. The highest BCUT2D eigenvalue weighted by Gasteiger charge is 2.04. The lowest BCUT2D eigenvalue weighted by Crippen LogP contribution is -2.37. The number of hydrazine groups is 1. The van der Waals surface area contributed by atoms with Gasteiger partial charge in [-0.25, -0.2) is 10.2 Å². The van der Waals surface area contributed by atoms with Crippen molar-refractivity contribution in [1.29, 1.82) is 0 Å². The summed E-state index contributed by atoms with van der Waals surface area (Å²) in [6.45, 7) is 3.95. The fraction of sp³-hybridized carbons (Fsp3) is 0.333. The summed E-state index contributed by atoms with van der Waals surface area (Å²) in [6, 6.07) is 6.34. The first-order chi connectivity index (χ1) is 5.61. The van der Waals surface area contributed by atoms with Gasteiger partial charge in [-0.3, -0.25) is 0 Å². The lowest BCUT2D eigenvalue weighted by molar-refractivity contribution is 0.626. The molecule has 0 atom stereocenters. The summed E-state index contributed by atoms with van der Waals surface area (Å²) in [5, 5.41) is 1.60. The zero-order valence-corrected chi connectivity index (χ0v) is 8.51. The van der Waals surface area contributed by atoms with Crippen LogP contribution >= 0.6 is 12.4 Å². The minimum Gasteiger partial charge on any atom is -0.309 e. The van der Waals surface area contributed by atoms with Gasteiger partial charge in [0, 0.05) is 6.04 Å². The molecule has 0 fully saturated rings.